The summed E-state index contributed by atoms with van der Waals surface area (Å²) in [6, 6.07) is 0. The van der Waals surface area contributed by atoms with Crippen molar-refractivity contribution in [2.75, 3.05) is 39.6 Å². The molecule has 6 atom stereocenters. The van der Waals surface area contributed by atoms with Crippen LogP contribution in [0.1, 0.15) is 446 Å². The highest BCUT2D eigenvalue weighted by Gasteiger charge is 2.30. The van der Waals surface area contributed by atoms with E-state index >= 15 is 0 Å². The number of hydrogen-bond acceptors (Lipinski definition) is 15. The number of phosphoric ester groups is 2. The number of esters is 4. The average molecular weight is 1490 g/mol. The van der Waals surface area contributed by atoms with Crippen molar-refractivity contribution in [2.45, 2.75) is 464 Å². The highest BCUT2D eigenvalue weighted by Crippen LogP contribution is 2.45. The van der Waals surface area contributed by atoms with Crippen molar-refractivity contribution < 1.29 is 80.2 Å². The van der Waals surface area contributed by atoms with Gasteiger partial charge in [0.05, 0.1) is 26.4 Å². The molecule has 0 aliphatic carbocycles. The summed E-state index contributed by atoms with van der Waals surface area (Å²) in [5, 5.41) is 10.7. The first-order valence-corrected chi connectivity index (χ1v) is 46.2. The van der Waals surface area contributed by atoms with Crippen molar-refractivity contribution in [3.05, 3.63) is 0 Å². The molecule has 0 aliphatic rings. The molecule has 0 aromatic heterocycles. The minimum atomic E-state index is -4.96. The molecule has 0 saturated heterocycles. The van der Waals surface area contributed by atoms with Crippen LogP contribution in [0.3, 0.4) is 0 Å². The lowest BCUT2D eigenvalue weighted by atomic mass is 9.99. The van der Waals surface area contributed by atoms with Crippen LogP contribution in [-0.4, -0.2) is 96.7 Å². The predicted molar refractivity (Wildman–Crippen MR) is 418 cm³/mol. The van der Waals surface area contributed by atoms with Crippen LogP contribution >= 0.6 is 15.6 Å². The van der Waals surface area contributed by atoms with Crippen molar-refractivity contribution in [1.82, 2.24) is 0 Å². The van der Waals surface area contributed by atoms with Crippen LogP contribution in [0.4, 0.5) is 0 Å². The fourth-order valence-electron chi connectivity index (χ4n) is 12.9. The average Bonchev–Trinajstić information content (AvgIpc) is 0.918. The Morgan fingerprint density at radius 1 is 0.275 bits per heavy atom. The van der Waals surface area contributed by atoms with Gasteiger partial charge in [-0.2, -0.15) is 0 Å². The smallest absolute Gasteiger partial charge is 0.462 e. The number of unbranched alkanes of at least 4 members (excludes halogenated alkanes) is 54. The van der Waals surface area contributed by atoms with Gasteiger partial charge in [0.2, 0.25) is 0 Å². The normalized spacial score (nSPS) is 14.1. The molecule has 3 N–H and O–H groups in total. The minimum absolute atomic E-state index is 0.108. The maximum atomic E-state index is 13.1. The van der Waals surface area contributed by atoms with E-state index in [2.05, 4.69) is 34.6 Å². The lowest BCUT2D eigenvalue weighted by molar-refractivity contribution is -0.161. The first-order valence-electron chi connectivity index (χ1n) is 43.2. The maximum absolute atomic E-state index is 13.1. The Bertz CT molecular complexity index is 1950. The third-order valence-electron chi connectivity index (χ3n) is 19.9. The molecule has 0 spiro atoms. The number of rotatable bonds is 83. The third kappa shape index (κ3) is 74.9. The molecule has 0 aliphatic heterocycles. The van der Waals surface area contributed by atoms with E-state index in [1.54, 1.807) is 0 Å². The lowest BCUT2D eigenvalue weighted by Gasteiger charge is -2.21. The zero-order chi connectivity index (χ0) is 74.8. The molecule has 0 aromatic carbocycles. The summed E-state index contributed by atoms with van der Waals surface area (Å²) in [6.07, 6.45) is 67.9. The fourth-order valence-corrected chi connectivity index (χ4v) is 14.5. The standard InChI is InChI=1S/C83H162O17P2/c1-6-10-13-16-19-22-25-27-29-30-31-32-33-34-40-44-49-54-59-64-69-83(88)100-79(73-94-81(86)67-62-57-52-47-42-39-36-35-37-41-45-50-55-60-65-76(5)9-4)75-98-102(91,92)96-71-77(84)70-95-101(89,90)97-74-78(72-93-80(85)66-61-56-51-46-24-21-18-15-12-8-3)99-82(87)68-63-58-53-48-43-38-28-26-23-20-17-14-11-7-2/h76-79,84H,6-75H2,1-5H3,(H,89,90)(H,91,92)/t76?,77-,78+,79+/m0/s1. The summed E-state index contributed by atoms with van der Waals surface area (Å²) in [4.78, 5) is 73.1. The van der Waals surface area contributed by atoms with Crippen LogP contribution in [0.2, 0.25) is 0 Å². The Balaban J connectivity index is 5.23. The van der Waals surface area contributed by atoms with Crippen molar-refractivity contribution >= 4 is 39.5 Å². The van der Waals surface area contributed by atoms with Crippen molar-refractivity contribution in [1.29, 1.82) is 0 Å². The predicted octanol–water partition coefficient (Wildman–Crippen LogP) is 25.2. The first kappa shape index (κ1) is 100. The lowest BCUT2D eigenvalue weighted by Crippen LogP contribution is -2.30. The van der Waals surface area contributed by atoms with Gasteiger partial charge < -0.3 is 33.8 Å². The molecular weight excluding hydrogens is 1330 g/mol. The van der Waals surface area contributed by atoms with Crippen LogP contribution in [-0.2, 0) is 65.4 Å². The Kier molecular flexibility index (Phi) is 74.4. The van der Waals surface area contributed by atoms with Crippen LogP contribution in [0.5, 0.6) is 0 Å². The van der Waals surface area contributed by atoms with Gasteiger partial charge in [0.15, 0.2) is 12.2 Å². The van der Waals surface area contributed by atoms with E-state index in [0.29, 0.717) is 25.7 Å². The summed E-state index contributed by atoms with van der Waals surface area (Å²) >= 11 is 0. The van der Waals surface area contributed by atoms with Gasteiger partial charge in [-0.1, -0.05) is 394 Å². The zero-order valence-electron chi connectivity index (χ0n) is 66.8. The second kappa shape index (κ2) is 75.9. The number of hydrogen-bond donors (Lipinski definition) is 3. The molecule has 0 radical (unpaired) electrons. The molecular formula is C83H162O17P2. The molecule has 0 aromatic rings. The zero-order valence-corrected chi connectivity index (χ0v) is 68.5. The summed E-state index contributed by atoms with van der Waals surface area (Å²) in [5.74, 6) is -1.25. The van der Waals surface area contributed by atoms with Crippen LogP contribution in [0.25, 0.3) is 0 Å². The Labute approximate surface area is 626 Å². The van der Waals surface area contributed by atoms with E-state index in [1.807, 2.05) is 0 Å². The number of phosphoric acid groups is 2. The molecule has 0 saturated carbocycles. The van der Waals surface area contributed by atoms with Gasteiger partial charge in [0.1, 0.15) is 19.3 Å². The molecule has 0 rings (SSSR count). The van der Waals surface area contributed by atoms with Gasteiger partial charge in [-0.3, -0.25) is 37.3 Å². The summed E-state index contributed by atoms with van der Waals surface area (Å²) < 4.78 is 68.8. The molecule has 0 heterocycles. The number of carbonyl (C=O) groups is 4. The van der Waals surface area contributed by atoms with Gasteiger partial charge in [-0.15, -0.1) is 0 Å². The molecule has 3 unspecified atom stereocenters. The topological polar surface area (TPSA) is 237 Å². The molecule has 0 bridgehead atoms. The Morgan fingerprint density at radius 2 is 0.471 bits per heavy atom. The van der Waals surface area contributed by atoms with Crippen LogP contribution < -0.4 is 0 Å². The Morgan fingerprint density at radius 3 is 0.696 bits per heavy atom. The largest absolute Gasteiger partial charge is 0.472 e. The molecule has 19 heteroatoms. The minimum Gasteiger partial charge on any atom is -0.462 e. The molecule has 606 valence electrons. The third-order valence-corrected chi connectivity index (χ3v) is 21.8. The molecule has 17 nitrogen and oxygen atoms in total. The monoisotopic (exact) mass is 1490 g/mol. The van der Waals surface area contributed by atoms with Gasteiger partial charge in [-0.05, 0) is 31.6 Å². The van der Waals surface area contributed by atoms with Gasteiger partial charge in [-0.25, -0.2) is 9.13 Å². The van der Waals surface area contributed by atoms with Gasteiger partial charge in [0, 0.05) is 25.7 Å². The maximum Gasteiger partial charge on any atom is 0.472 e. The van der Waals surface area contributed by atoms with Crippen molar-refractivity contribution in [2.24, 2.45) is 5.92 Å². The quantitative estimate of drug-likeness (QED) is 0.0222. The van der Waals surface area contributed by atoms with E-state index in [0.717, 1.165) is 95.8 Å². The van der Waals surface area contributed by atoms with E-state index in [1.165, 1.54) is 270 Å². The van der Waals surface area contributed by atoms with Crippen LogP contribution in [0.15, 0.2) is 0 Å². The summed E-state index contributed by atoms with van der Waals surface area (Å²) in [6.45, 7) is 7.40. The van der Waals surface area contributed by atoms with Crippen molar-refractivity contribution in [3.63, 3.8) is 0 Å². The highest BCUT2D eigenvalue weighted by atomic mass is 31.2. The second-order valence-corrected chi connectivity index (χ2v) is 33.0. The molecule has 0 fully saturated rings. The number of carbonyl (C=O) groups excluding carboxylic acids is 4. The van der Waals surface area contributed by atoms with E-state index < -0.39 is 97.5 Å². The van der Waals surface area contributed by atoms with Crippen molar-refractivity contribution in [3.8, 4) is 0 Å². The highest BCUT2D eigenvalue weighted by molar-refractivity contribution is 7.47. The van der Waals surface area contributed by atoms with Crippen LogP contribution in [0, 0.1) is 5.92 Å². The second-order valence-electron chi connectivity index (χ2n) is 30.1. The SMILES string of the molecule is CCCCCCCCCCCCCCCCCCCCCCC(=O)O[C@H](COC(=O)CCCCCCCCCCCCCCCCC(C)CC)COP(=O)(O)OC[C@@H](O)COP(=O)(O)OC[C@@H](COC(=O)CCCCCCCCCCCC)OC(=O)CCCCCCCCCCCCCCCC. The number of ether oxygens (including phenoxy) is 4. The fraction of sp³-hybridized carbons (Fsp3) is 0.952. The molecule has 0 amide bonds. The first-order chi connectivity index (χ1) is 49.6. The Hall–Kier alpha value is -1.94. The molecule has 102 heavy (non-hydrogen) atoms. The number of aliphatic hydroxyl groups is 1. The summed E-state index contributed by atoms with van der Waals surface area (Å²) in [5.41, 5.74) is 0. The number of aliphatic hydroxyl groups excluding tert-OH is 1. The van der Waals surface area contributed by atoms with E-state index in [-0.39, 0.29) is 25.7 Å². The van der Waals surface area contributed by atoms with E-state index in [9.17, 15) is 43.2 Å². The summed E-state index contributed by atoms with van der Waals surface area (Å²) in [7, 11) is -9.92. The van der Waals surface area contributed by atoms with E-state index in [4.69, 9.17) is 37.0 Å². The van der Waals surface area contributed by atoms with Gasteiger partial charge in [0.25, 0.3) is 0 Å². The van der Waals surface area contributed by atoms with Gasteiger partial charge >= 0.3 is 39.5 Å².